The Labute approximate surface area is 168 Å². The van der Waals surface area contributed by atoms with E-state index in [-0.39, 0.29) is 11.5 Å². The first kappa shape index (κ1) is 19.9. The molecular formula is C21H22N2O4S. The summed E-state index contributed by atoms with van der Waals surface area (Å²) in [5, 5.41) is 8.42. The molecule has 1 aromatic heterocycles. The number of thioether (sulfide) groups is 1. The molecule has 1 heterocycles. The fourth-order valence-corrected chi connectivity index (χ4v) is 3.37. The first-order chi connectivity index (χ1) is 13.6. The highest BCUT2D eigenvalue weighted by Crippen LogP contribution is 2.33. The summed E-state index contributed by atoms with van der Waals surface area (Å²) in [4.78, 5) is 12.4. The van der Waals surface area contributed by atoms with E-state index in [0.29, 0.717) is 33.7 Å². The van der Waals surface area contributed by atoms with Crippen LogP contribution in [-0.2, 0) is 6.42 Å². The van der Waals surface area contributed by atoms with Gasteiger partial charge < -0.3 is 13.9 Å². The molecule has 0 aliphatic rings. The Morgan fingerprint density at radius 1 is 1.07 bits per heavy atom. The summed E-state index contributed by atoms with van der Waals surface area (Å²) in [6.07, 6.45) is 2.10. The van der Waals surface area contributed by atoms with Gasteiger partial charge in [0.1, 0.15) is 11.5 Å². The second-order valence-electron chi connectivity index (χ2n) is 6.10. The van der Waals surface area contributed by atoms with Crippen molar-refractivity contribution < 1.29 is 18.7 Å². The third-order valence-corrected chi connectivity index (χ3v) is 5.01. The normalized spacial score (nSPS) is 10.7. The molecule has 0 spiro atoms. The molecular weight excluding hydrogens is 376 g/mol. The zero-order chi connectivity index (χ0) is 19.9. The molecule has 0 fully saturated rings. The molecule has 0 bridgehead atoms. The number of ketones is 1. The third-order valence-electron chi connectivity index (χ3n) is 4.19. The number of Topliss-reactive ketones (excluding diaryl/α,β-unsaturated/α-hetero) is 1. The van der Waals surface area contributed by atoms with Crippen molar-refractivity contribution in [2.75, 3.05) is 20.0 Å². The number of aryl methyl sites for hydroxylation is 1. The zero-order valence-electron chi connectivity index (χ0n) is 16.1. The van der Waals surface area contributed by atoms with Crippen LogP contribution in [0.2, 0.25) is 0 Å². The Morgan fingerprint density at radius 3 is 2.54 bits per heavy atom. The second-order valence-corrected chi connectivity index (χ2v) is 7.02. The van der Waals surface area contributed by atoms with E-state index in [9.17, 15) is 4.79 Å². The third kappa shape index (κ3) is 4.72. The van der Waals surface area contributed by atoms with Gasteiger partial charge in [0.05, 0.1) is 25.5 Å². The smallest absolute Gasteiger partial charge is 0.277 e. The lowest BCUT2D eigenvalue weighted by molar-refractivity contribution is 0.102. The highest BCUT2D eigenvalue weighted by molar-refractivity contribution is 7.99. The van der Waals surface area contributed by atoms with Crippen molar-refractivity contribution in [2.45, 2.75) is 25.0 Å². The summed E-state index contributed by atoms with van der Waals surface area (Å²) < 4.78 is 16.2. The lowest BCUT2D eigenvalue weighted by Crippen LogP contribution is -2.02. The molecule has 0 saturated heterocycles. The Balaban J connectivity index is 1.65. The van der Waals surface area contributed by atoms with E-state index in [2.05, 4.69) is 17.1 Å². The van der Waals surface area contributed by atoms with Gasteiger partial charge in [0.15, 0.2) is 5.78 Å². The molecule has 0 aliphatic carbocycles. The number of methoxy groups -OCH3 is 2. The van der Waals surface area contributed by atoms with Gasteiger partial charge in [0, 0.05) is 11.6 Å². The molecule has 0 saturated carbocycles. The number of benzene rings is 2. The largest absolute Gasteiger partial charge is 0.497 e. The zero-order valence-corrected chi connectivity index (χ0v) is 16.9. The van der Waals surface area contributed by atoms with Gasteiger partial charge >= 0.3 is 0 Å². The quantitative estimate of drug-likeness (QED) is 0.383. The maximum absolute atomic E-state index is 12.4. The predicted molar refractivity (Wildman–Crippen MR) is 108 cm³/mol. The maximum atomic E-state index is 12.4. The predicted octanol–water partition coefficient (Wildman–Crippen LogP) is 4.68. The van der Waals surface area contributed by atoms with Crippen molar-refractivity contribution in [3.05, 3.63) is 53.6 Å². The van der Waals surface area contributed by atoms with Crippen LogP contribution in [0.1, 0.15) is 29.3 Å². The average molecular weight is 398 g/mol. The van der Waals surface area contributed by atoms with E-state index in [4.69, 9.17) is 13.9 Å². The molecule has 0 N–H and O–H groups in total. The maximum Gasteiger partial charge on any atom is 0.277 e. The highest BCUT2D eigenvalue weighted by atomic mass is 32.2. The van der Waals surface area contributed by atoms with Crippen molar-refractivity contribution in [3.63, 3.8) is 0 Å². The highest BCUT2D eigenvalue weighted by Gasteiger charge is 2.16. The number of nitrogens with zero attached hydrogens (tertiary/aromatic N) is 2. The fraction of sp³-hybridized carbons (Fsp3) is 0.286. The molecule has 28 heavy (non-hydrogen) atoms. The van der Waals surface area contributed by atoms with Crippen LogP contribution in [0.4, 0.5) is 0 Å². The van der Waals surface area contributed by atoms with Crippen LogP contribution in [0, 0.1) is 0 Å². The summed E-state index contributed by atoms with van der Waals surface area (Å²) in [6.45, 7) is 2.13. The average Bonchev–Trinajstić information content (AvgIpc) is 3.21. The molecule has 0 radical (unpaired) electrons. The first-order valence-electron chi connectivity index (χ1n) is 8.95. The van der Waals surface area contributed by atoms with E-state index in [1.165, 1.54) is 17.3 Å². The minimum absolute atomic E-state index is 0.0230. The van der Waals surface area contributed by atoms with Crippen LogP contribution >= 0.6 is 11.8 Å². The van der Waals surface area contributed by atoms with Crippen molar-refractivity contribution in [1.82, 2.24) is 10.2 Å². The second kappa shape index (κ2) is 9.41. The number of hydrogen-bond donors (Lipinski definition) is 0. The lowest BCUT2D eigenvalue weighted by atomic mass is 10.1. The van der Waals surface area contributed by atoms with Crippen LogP contribution in [0.3, 0.4) is 0 Å². The Kier molecular flexibility index (Phi) is 6.71. The summed E-state index contributed by atoms with van der Waals surface area (Å²) in [6, 6.07) is 13.1. The Hall–Kier alpha value is -2.80. The van der Waals surface area contributed by atoms with E-state index < -0.39 is 0 Å². The topological polar surface area (TPSA) is 74.5 Å². The molecule has 7 heteroatoms. The van der Waals surface area contributed by atoms with Crippen LogP contribution in [0.15, 0.2) is 52.1 Å². The van der Waals surface area contributed by atoms with Gasteiger partial charge in [0.2, 0.25) is 0 Å². The van der Waals surface area contributed by atoms with Gasteiger partial charge in [-0.05, 0) is 24.1 Å². The van der Waals surface area contributed by atoms with E-state index >= 15 is 0 Å². The molecule has 2 aromatic carbocycles. The van der Waals surface area contributed by atoms with Crippen molar-refractivity contribution in [1.29, 1.82) is 0 Å². The minimum atomic E-state index is 0.0230. The number of rotatable bonds is 9. The summed E-state index contributed by atoms with van der Waals surface area (Å²) in [7, 11) is 3.15. The van der Waals surface area contributed by atoms with Crippen molar-refractivity contribution >= 4 is 17.5 Å². The van der Waals surface area contributed by atoms with Crippen LogP contribution < -0.4 is 9.47 Å². The fourth-order valence-electron chi connectivity index (χ4n) is 2.71. The monoisotopic (exact) mass is 398 g/mol. The van der Waals surface area contributed by atoms with Gasteiger partial charge in [0.25, 0.3) is 11.1 Å². The summed E-state index contributed by atoms with van der Waals surface area (Å²) in [5.41, 5.74) is 2.59. The lowest BCUT2D eigenvalue weighted by Gasteiger charge is -2.07. The Morgan fingerprint density at radius 2 is 1.86 bits per heavy atom. The van der Waals surface area contributed by atoms with E-state index in [1.807, 2.05) is 24.3 Å². The number of aromatic nitrogens is 2. The van der Waals surface area contributed by atoms with Gasteiger partial charge in [-0.2, -0.15) is 0 Å². The van der Waals surface area contributed by atoms with Gasteiger partial charge in [-0.25, -0.2) is 0 Å². The van der Waals surface area contributed by atoms with Crippen LogP contribution in [0.5, 0.6) is 11.5 Å². The number of ether oxygens (including phenoxy) is 2. The minimum Gasteiger partial charge on any atom is -0.497 e. The van der Waals surface area contributed by atoms with Gasteiger partial charge in [-0.1, -0.05) is 49.4 Å². The first-order valence-corrected chi connectivity index (χ1v) is 9.94. The molecule has 3 rings (SSSR count). The molecule has 0 amide bonds. The number of carbonyl (C=O) groups excluding carboxylic acids is 1. The standard InChI is InChI=1S/C21H22N2O4S/c1-4-5-14-6-8-15(9-7-14)18(24)13-28-21-23-22-20(27-21)17-11-10-16(25-2)12-19(17)26-3/h6-12H,4-5,13H2,1-3H3. The Bertz CT molecular complexity index is 938. The molecule has 6 nitrogen and oxygen atoms in total. The molecule has 0 unspecified atom stereocenters. The van der Waals surface area contributed by atoms with Crippen LogP contribution in [0.25, 0.3) is 11.5 Å². The van der Waals surface area contributed by atoms with Crippen LogP contribution in [-0.4, -0.2) is 36.0 Å². The van der Waals surface area contributed by atoms with Crippen molar-refractivity contribution in [2.24, 2.45) is 0 Å². The number of carbonyl (C=O) groups is 1. The van der Waals surface area contributed by atoms with E-state index in [0.717, 1.165) is 12.8 Å². The molecule has 146 valence electrons. The van der Waals surface area contributed by atoms with E-state index in [1.54, 1.807) is 32.4 Å². The molecule has 3 aromatic rings. The van der Waals surface area contributed by atoms with Crippen molar-refractivity contribution in [3.8, 4) is 23.0 Å². The summed E-state index contributed by atoms with van der Waals surface area (Å²) in [5.74, 6) is 1.83. The molecule has 0 atom stereocenters. The van der Waals surface area contributed by atoms with Gasteiger partial charge in [-0.3, -0.25) is 4.79 Å². The molecule has 0 aliphatic heterocycles. The SMILES string of the molecule is CCCc1ccc(C(=O)CSc2nnc(-c3ccc(OC)cc3OC)o2)cc1. The number of hydrogen-bond acceptors (Lipinski definition) is 7. The van der Waals surface area contributed by atoms with Gasteiger partial charge in [-0.15, -0.1) is 10.2 Å². The summed E-state index contributed by atoms with van der Waals surface area (Å²) >= 11 is 1.22.